The number of anilines is 3. The van der Waals surface area contributed by atoms with E-state index >= 15 is 0 Å². The summed E-state index contributed by atoms with van der Waals surface area (Å²) in [6.07, 6.45) is -3.40. The van der Waals surface area contributed by atoms with E-state index in [1.165, 1.54) is 24.5 Å². The maximum Gasteiger partial charge on any atom is 0.573 e. The van der Waals surface area contributed by atoms with Gasteiger partial charge in [0.15, 0.2) is 0 Å². The van der Waals surface area contributed by atoms with Crippen LogP contribution in [0, 0.1) is 0 Å². The molecule has 0 saturated heterocycles. The zero-order valence-corrected chi connectivity index (χ0v) is 12.3. The van der Waals surface area contributed by atoms with Crippen molar-refractivity contribution in [1.82, 2.24) is 9.97 Å². The van der Waals surface area contributed by atoms with Gasteiger partial charge in [0.2, 0.25) is 0 Å². The van der Waals surface area contributed by atoms with Gasteiger partial charge in [0, 0.05) is 18.8 Å². The molecular formula is C12H10BrF3N4O. The molecule has 0 radical (unpaired) electrons. The van der Waals surface area contributed by atoms with Gasteiger partial charge in [-0.2, -0.15) is 0 Å². The molecule has 0 saturated carbocycles. The zero-order chi connectivity index (χ0) is 15.5. The van der Waals surface area contributed by atoms with Crippen molar-refractivity contribution in [1.29, 1.82) is 0 Å². The molecule has 1 aromatic heterocycles. The Morgan fingerprint density at radius 1 is 1.19 bits per heavy atom. The van der Waals surface area contributed by atoms with Gasteiger partial charge in [-0.05, 0) is 28.1 Å². The number of halogens is 4. The quantitative estimate of drug-likeness (QED) is 0.862. The highest BCUT2D eigenvalue weighted by atomic mass is 79.9. The fourth-order valence-electron chi connectivity index (χ4n) is 1.54. The number of ether oxygens (including phenoxy) is 1. The van der Waals surface area contributed by atoms with Gasteiger partial charge in [0.1, 0.15) is 28.2 Å². The third-order valence-electron chi connectivity index (χ3n) is 2.36. The average molecular weight is 363 g/mol. The van der Waals surface area contributed by atoms with Crippen molar-refractivity contribution in [2.45, 2.75) is 6.36 Å². The van der Waals surface area contributed by atoms with E-state index < -0.39 is 6.36 Å². The number of hydrogen-bond donors (Lipinski definition) is 2. The summed E-state index contributed by atoms with van der Waals surface area (Å²) in [7, 11) is 1.69. The van der Waals surface area contributed by atoms with Crippen molar-refractivity contribution < 1.29 is 17.9 Å². The highest BCUT2D eigenvalue weighted by Crippen LogP contribution is 2.30. The van der Waals surface area contributed by atoms with Crippen LogP contribution in [0.25, 0.3) is 0 Å². The summed E-state index contributed by atoms with van der Waals surface area (Å²) < 4.78 is 41.0. The second-order valence-corrected chi connectivity index (χ2v) is 4.63. The van der Waals surface area contributed by atoms with E-state index in [1.54, 1.807) is 13.1 Å². The molecule has 0 amide bonds. The standard InChI is InChI=1S/C12H10BrF3N4O/c1-17-10-9(13)11(19-6-18-10)20-7-3-2-4-8(5-7)21-12(14,15)16/h2-6H,1H3,(H2,17,18,19,20). The summed E-state index contributed by atoms with van der Waals surface area (Å²) in [5.41, 5.74) is 0.401. The minimum Gasteiger partial charge on any atom is -0.406 e. The number of alkyl halides is 3. The Labute approximate surface area is 126 Å². The summed E-state index contributed by atoms with van der Waals surface area (Å²) in [6.45, 7) is 0. The second kappa shape index (κ2) is 6.17. The van der Waals surface area contributed by atoms with Crippen molar-refractivity contribution in [3.05, 3.63) is 35.1 Å². The van der Waals surface area contributed by atoms with E-state index in [-0.39, 0.29) is 5.75 Å². The van der Waals surface area contributed by atoms with Gasteiger partial charge in [-0.3, -0.25) is 0 Å². The maximum atomic E-state index is 12.2. The molecule has 0 unspecified atom stereocenters. The third kappa shape index (κ3) is 4.22. The molecule has 112 valence electrons. The largest absolute Gasteiger partial charge is 0.573 e. The van der Waals surface area contributed by atoms with Crippen LogP contribution < -0.4 is 15.4 Å². The number of aromatic nitrogens is 2. The molecular weight excluding hydrogens is 353 g/mol. The summed E-state index contributed by atoms with van der Waals surface area (Å²) in [5, 5.41) is 5.74. The van der Waals surface area contributed by atoms with Crippen molar-refractivity contribution in [2.75, 3.05) is 17.7 Å². The Morgan fingerprint density at radius 3 is 2.57 bits per heavy atom. The van der Waals surface area contributed by atoms with E-state index in [0.717, 1.165) is 0 Å². The normalized spacial score (nSPS) is 11.1. The number of benzene rings is 1. The first-order valence-electron chi connectivity index (χ1n) is 5.70. The Balaban J connectivity index is 2.22. The molecule has 21 heavy (non-hydrogen) atoms. The lowest BCUT2D eigenvalue weighted by Crippen LogP contribution is -2.17. The first-order chi connectivity index (χ1) is 9.89. The Hall–Kier alpha value is -2.03. The average Bonchev–Trinajstić information content (AvgIpc) is 2.40. The molecule has 2 aromatic rings. The molecule has 2 N–H and O–H groups in total. The lowest BCUT2D eigenvalue weighted by Gasteiger charge is -2.12. The van der Waals surface area contributed by atoms with Crippen LogP contribution in [-0.2, 0) is 0 Å². The van der Waals surface area contributed by atoms with Gasteiger partial charge < -0.3 is 15.4 Å². The van der Waals surface area contributed by atoms with E-state index in [2.05, 4.69) is 41.3 Å². The molecule has 2 rings (SSSR count). The third-order valence-corrected chi connectivity index (χ3v) is 3.11. The maximum absolute atomic E-state index is 12.2. The van der Waals surface area contributed by atoms with Crippen LogP contribution in [0.2, 0.25) is 0 Å². The number of nitrogens with zero attached hydrogens (tertiary/aromatic N) is 2. The van der Waals surface area contributed by atoms with Crippen LogP contribution in [-0.4, -0.2) is 23.4 Å². The molecule has 0 aliphatic heterocycles. The van der Waals surface area contributed by atoms with Crippen LogP contribution in [0.4, 0.5) is 30.5 Å². The molecule has 0 atom stereocenters. The van der Waals surface area contributed by atoms with E-state index in [4.69, 9.17) is 0 Å². The number of hydrogen-bond acceptors (Lipinski definition) is 5. The summed E-state index contributed by atoms with van der Waals surface area (Å²) >= 11 is 3.31. The van der Waals surface area contributed by atoms with Crippen molar-refractivity contribution in [3.63, 3.8) is 0 Å². The predicted octanol–water partition coefficient (Wildman–Crippen LogP) is 3.92. The Kier molecular flexibility index (Phi) is 4.51. The van der Waals surface area contributed by atoms with Crippen LogP contribution >= 0.6 is 15.9 Å². The first-order valence-corrected chi connectivity index (χ1v) is 6.49. The number of nitrogens with one attached hydrogen (secondary N) is 2. The zero-order valence-electron chi connectivity index (χ0n) is 10.7. The van der Waals surface area contributed by atoms with Gasteiger partial charge in [-0.1, -0.05) is 6.07 Å². The van der Waals surface area contributed by atoms with Gasteiger partial charge in [0.05, 0.1) is 0 Å². The topological polar surface area (TPSA) is 59.1 Å². The van der Waals surface area contributed by atoms with Gasteiger partial charge in [0.25, 0.3) is 0 Å². The van der Waals surface area contributed by atoms with E-state index in [9.17, 15) is 13.2 Å². The lowest BCUT2D eigenvalue weighted by atomic mass is 10.3. The smallest absolute Gasteiger partial charge is 0.406 e. The minimum absolute atomic E-state index is 0.313. The molecule has 0 aliphatic rings. The van der Waals surface area contributed by atoms with Crippen LogP contribution in [0.15, 0.2) is 35.1 Å². The SMILES string of the molecule is CNc1ncnc(Nc2cccc(OC(F)(F)F)c2)c1Br. The molecule has 1 aromatic carbocycles. The fraction of sp³-hybridized carbons (Fsp3) is 0.167. The van der Waals surface area contributed by atoms with E-state index in [0.29, 0.717) is 21.8 Å². The van der Waals surface area contributed by atoms with Crippen LogP contribution in [0.5, 0.6) is 5.75 Å². The van der Waals surface area contributed by atoms with Crippen molar-refractivity contribution in [3.8, 4) is 5.75 Å². The fourth-order valence-corrected chi connectivity index (χ4v) is 2.04. The van der Waals surface area contributed by atoms with Gasteiger partial charge >= 0.3 is 6.36 Å². The lowest BCUT2D eigenvalue weighted by molar-refractivity contribution is -0.274. The summed E-state index contributed by atoms with van der Waals surface area (Å²) in [5.74, 6) is 0.653. The highest BCUT2D eigenvalue weighted by Gasteiger charge is 2.31. The summed E-state index contributed by atoms with van der Waals surface area (Å²) in [6, 6.07) is 5.47. The van der Waals surface area contributed by atoms with E-state index in [1.807, 2.05) is 0 Å². The molecule has 0 aliphatic carbocycles. The molecule has 0 spiro atoms. The van der Waals surface area contributed by atoms with Crippen molar-refractivity contribution in [2.24, 2.45) is 0 Å². The molecule has 5 nitrogen and oxygen atoms in total. The minimum atomic E-state index is -4.73. The van der Waals surface area contributed by atoms with Crippen molar-refractivity contribution >= 4 is 33.3 Å². The summed E-state index contributed by atoms with van der Waals surface area (Å²) in [4.78, 5) is 8.00. The molecule has 0 fully saturated rings. The first kappa shape index (κ1) is 15.4. The Morgan fingerprint density at radius 2 is 1.90 bits per heavy atom. The number of rotatable bonds is 4. The van der Waals surface area contributed by atoms with Crippen LogP contribution in [0.1, 0.15) is 0 Å². The Bertz CT molecular complexity index is 636. The highest BCUT2D eigenvalue weighted by molar-refractivity contribution is 9.10. The molecule has 1 heterocycles. The molecule has 0 bridgehead atoms. The predicted molar refractivity (Wildman–Crippen MR) is 75.7 cm³/mol. The van der Waals surface area contributed by atoms with Gasteiger partial charge in [-0.15, -0.1) is 13.2 Å². The second-order valence-electron chi connectivity index (χ2n) is 3.84. The van der Waals surface area contributed by atoms with Crippen LogP contribution in [0.3, 0.4) is 0 Å². The van der Waals surface area contributed by atoms with Gasteiger partial charge in [-0.25, -0.2) is 9.97 Å². The molecule has 9 heteroatoms. The monoisotopic (exact) mass is 362 g/mol.